The zero-order chi connectivity index (χ0) is 50.6. The van der Waals surface area contributed by atoms with Gasteiger partial charge in [0.2, 0.25) is 0 Å². The van der Waals surface area contributed by atoms with Crippen molar-refractivity contribution in [3.63, 3.8) is 0 Å². The number of esters is 2. The van der Waals surface area contributed by atoms with Gasteiger partial charge in [0.05, 0.1) is 40.3 Å². The van der Waals surface area contributed by atoms with Crippen LogP contribution in [0.15, 0.2) is 97.2 Å². The molecule has 0 heterocycles. The van der Waals surface area contributed by atoms with E-state index in [1.165, 1.54) is 64.2 Å². The van der Waals surface area contributed by atoms with E-state index in [1.54, 1.807) is 0 Å². The smallest absolute Gasteiger partial charge is 0.306 e. The Morgan fingerprint density at radius 2 is 0.826 bits per heavy atom. The molecule has 0 aromatic rings. The minimum Gasteiger partial charge on any atom is -0.545 e. The Morgan fingerprint density at radius 3 is 1.25 bits per heavy atom. The second-order valence-electron chi connectivity index (χ2n) is 19.1. The third-order valence-electron chi connectivity index (χ3n) is 11.3. The van der Waals surface area contributed by atoms with Crippen molar-refractivity contribution in [2.24, 2.45) is 0 Å². The van der Waals surface area contributed by atoms with Gasteiger partial charge in [-0.15, -0.1) is 0 Å². The summed E-state index contributed by atoms with van der Waals surface area (Å²) in [5, 5.41) is 11.7. The number of quaternary nitrogens is 1. The number of rotatable bonds is 49. The van der Waals surface area contributed by atoms with Gasteiger partial charge in [-0.1, -0.05) is 195 Å². The Bertz CT molecular complexity index is 1450. The predicted molar refractivity (Wildman–Crippen MR) is 287 cm³/mol. The molecule has 0 spiro atoms. The number of carboxylic acids is 1. The summed E-state index contributed by atoms with van der Waals surface area (Å²) < 4.78 is 22.6. The number of likely N-dealkylation sites (N-methyl/N-ethyl adjacent to an activating group) is 1. The molecule has 0 rings (SSSR count). The molecule has 9 nitrogen and oxygen atoms in total. The molecule has 0 aromatic carbocycles. The van der Waals surface area contributed by atoms with E-state index < -0.39 is 24.3 Å². The molecule has 9 heteroatoms. The molecular formula is C60H101NO8. The highest BCUT2D eigenvalue weighted by atomic mass is 16.7. The van der Waals surface area contributed by atoms with E-state index in [2.05, 4.69) is 111 Å². The van der Waals surface area contributed by atoms with Gasteiger partial charge in [-0.3, -0.25) is 9.59 Å². The van der Waals surface area contributed by atoms with E-state index in [0.29, 0.717) is 17.4 Å². The molecule has 0 aromatic heterocycles. The molecular weight excluding hydrogens is 863 g/mol. The van der Waals surface area contributed by atoms with Crippen LogP contribution in [0.3, 0.4) is 0 Å². The Balaban J connectivity index is 4.32. The number of nitrogens with zero attached hydrogens (tertiary/aromatic N) is 1. The number of ether oxygens (including phenoxy) is 4. The highest BCUT2D eigenvalue weighted by Crippen LogP contribution is 2.14. The Kier molecular flexibility index (Phi) is 47.8. The van der Waals surface area contributed by atoms with Crippen LogP contribution in [0.5, 0.6) is 0 Å². The normalized spacial score (nSPS) is 13.6. The fourth-order valence-electron chi connectivity index (χ4n) is 7.10. The van der Waals surface area contributed by atoms with Crippen molar-refractivity contribution in [3.8, 4) is 0 Å². The first-order chi connectivity index (χ1) is 33.6. The molecule has 0 amide bonds. The average Bonchev–Trinajstić information content (AvgIpc) is 3.31. The summed E-state index contributed by atoms with van der Waals surface area (Å²) in [4.78, 5) is 37.2. The number of aliphatic carboxylic acids is 1. The molecule has 0 bridgehead atoms. The largest absolute Gasteiger partial charge is 0.545 e. The van der Waals surface area contributed by atoms with Crippen molar-refractivity contribution < 1.29 is 42.9 Å². The fraction of sp³-hybridized carbons (Fsp3) is 0.683. The lowest BCUT2D eigenvalue weighted by molar-refractivity contribution is -0.870. The first-order valence-corrected chi connectivity index (χ1v) is 27.4. The lowest BCUT2D eigenvalue weighted by atomic mass is 10.1. The highest BCUT2D eigenvalue weighted by Gasteiger charge is 2.22. The number of unbranched alkanes of at least 4 members (excludes halogenated alkanes) is 18. The van der Waals surface area contributed by atoms with Crippen LogP contribution >= 0.6 is 0 Å². The van der Waals surface area contributed by atoms with Crippen LogP contribution in [0.2, 0.25) is 0 Å². The Morgan fingerprint density at radius 1 is 0.449 bits per heavy atom. The summed E-state index contributed by atoms with van der Waals surface area (Å²) in [7, 11) is 5.90. The molecule has 0 N–H and O–H groups in total. The van der Waals surface area contributed by atoms with E-state index in [-0.39, 0.29) is 38.6 Å². The maximum absolute atomic E-state index is 12.8. The topological polar surface area (TPSA) is 111 Å². The molecule has 0 aliphatic rings. The minimum atomic E-state index is -1.63. The second kappa shape index (κ2) is 50.6. The summed E-state index contributed by atoms with van der Waals surface area (Å²) in [5.74, 6) is -2.32. The van der Waals surface area contributed by atoms with Gasteiger partial charge in [0.1, 0.15) is 13.2 Å². The van der Waals surface area contributed by atoms with Crippen LogP contribution in [-0.4, -0.2) is 82.3 Å². The van der Waals surface area contributed by atoms with Crippen LogP contribution in [0.4, 0.5) is 0 Å². The van der Waals surface area contributed by atoms with Crippen molar-refractivity contribution in [1.29, 1.82) is 0 Å². The Hall–Kier alpha value is -3.79. The average molecular weight is 964 g/mol. The van der Waals surface area contributed by atoms with Crippen molar-refractivity contribution in [2.75, 3.05) is 47.5 Å². The number of hydrogen-bond donors (Lipinski definition) is 0. The molecule has 2 unspecified atom stereocenters. The van der Waals surface area contributed by atoms with Gasteiger partial charge in [0.15, 0.2) is 12.4 Å². The number of carboxylic acid groups (broad SMARTS) is 1. The van der Waals surface area contributed by atoms with Crippen molar-refractivity contribution in [2.45, 2.75) is 219 Å². The van der Waals surface area contributed by atoms with Crippen molar-refractivity contribution >= 4 is 17.9 Å². The third kappa shape index (κ3) is 51.9. The van der Waals surface area contributed by atoms with E-state index in [1.807, 2.05) is 21.1 Å². The minimum absolute atomic E-state index is 0.139. The molecule has 394 valence electrons. The van der Waals surface area contributed by atoms with Gasteiger partial charge < -0.3 is 33.3 Å². The van der Waals surface area contributed by atoms with Gasteiger partial charge in [-0.2, -0.15) is 0 Å². The van der Waals surface area contributed by atoms with Crippen LogP contribution < -0.4 is 5.11 Å². The van der Waals surface area contributed by atoms with Crippen LogP contribution in [-0.2, 0) is 33.3 Å². The lowest BCUT2D eigenvalue weighted by Gasteiger charge is -2.26. The quantitative estimate of drug-likeness (QED) is 0.0195. The van der Waals surface area contributed by atoms with Crippen LogP contribution in [0, 0.1) is 0 Å². The molecule has 0 fully saturated rings. The van der Waals surface area contributed by atoms with Crippen molar-refractivity contribution in [1.82, 2.24) is 0 Å². The van der Waals surface area contributed by atoms with Crippen LogP contribution in [0.1, 0.15) is 206 Å². The second-order valence-corrected chi connectivity index (χ2v) is 19.1. The summed E-state index contributed by atoms with van der Waals surface area (Å²) in [6, 6.07) is 0. The predicted octanol–water partition coefficient (Wildman–Crippen LogP) is 14.4. The van der Waals surface area contributed by atoms with E-state index in [0.717, 1.165) is 109 Å². The summed E-state index contributed by atoms with van der Waals surface area (Å²) >= 11 is 0. The monoisotopic (exact) mass is 964 g/mol. The van der Waals surface area contributed by atoms with E-state index in [4.69, 9.17) is 18.9 Å². The summed E-state index contributed by atoms with van der Waals surface area (Å²) in [6.07, 6.45) is 64.4. The molecule has 0 saturated carbocycles. The first kappa shape index (κ1) is 65.2. The molecule has 0 saturated heterocycles. The van der Waals surface area contributed by atoms with Gasteiger partial charge in [0.25, 0.3) is 0 Å². The summed E-state index contributed by atoms with van der Waals surface area (Å²) in [5.41, 5.74) is 0. The first-order valence-electron chi connectivity index (χ1n) is 27.4. The van der Waals surface area contributed by atoms with E-state index in [9.17, 15) is 19.5 Å². The van der Waals surface area contributed by atoms with E-state index >= 15 is 0 Å². The number of hydrogen-bond acceptors (Lipinski definition) is 8. The molecule has 0 radical (unpaired) electrons. The standard InChI is InChI=1S/C60H101NO8/c1-6-8-10-12-14-16-18-20-22-23-24-25-26-27-28-29-30-31-32-33-34-35-37-39-41-43-45-47-49-51-58(63)69-56(55-68-60(59(64)65)66-53-52-61(3,4)5)54-67-57(62)50-48-46-44-42-40-38-36-21-19-17-15-13-11-9-7-2/h8,10,14,16,20-22,24-25,27-28,30-31,33-34,36,56,60H,6-7,9,11-13,15,17-19,23,26,29,32,35,37-55H2,1-5H3/b10-8-,16-14-,22-20-,25-24-,28-27-,31-30-,34-33-,36-21-. The van der Waals surface area contributed by atoms with Gasteiger partial charge in [-0.25, -0.2) is 0 Å². The van der Waals surface area contributed by atoms with Crippen molar-refractivity contribution in [3.05, 3.63) is 97.2 Å². The maximum atomic E-state index is 12.8. The molecule has 2 atom stereocenters. The van der Waals surface area contributed by atoms with Gasteiger partial charge in [-0.05, 0) is 96.3 Å². The zero-order valence-corrected chi connectivity index (χ0v) is 44.6. The van der Waals surface area contributed by atoms with Gasteiger partial charge in [0, 0.05) is 12.8 Å². The molecule has 69 heavy (non-hydrogen) atoms. The SMILES string of the molecule is CC/C=C\C/C=C\C/C=C\C/C=C\C/C=C\C/C=C\C/C=C\CCCCCCCCCC(=O)OC(COC(=O)CCCCCCC/C=C\CCCCCCCC)COC(OCC[N+](C)(C)C)C(=O)[O-]. The number of allylic oxidation sites excluding steroid dienone is 16. The maximum Gasteiger partial charge on any atom is 0.306 e. The van der Waals surface area contributed by atoms with Gasteiger partial charge >= 0.3 is 11.9 Å². The lowest BCUT2D eigenvalue weighted by Crippen LogP contribution is -2.44. The highest BCUT2D eigenvalue weighted by molar-refractivity contribution is 5.70. The third-order valence-corrected chi connectivity index (χ3v) is 11.3. The number of carbonyl (C=O) groups is 3. The van der Waals surface area contributed by atoms with Crippen LogP contribution in [0.25, 0.3) is 0 Å². The zero-order valence-electron chi connectivity index (χ0n) is 44.6. The fourth-order valence-corrected chi connectivity index (χ4v) is 7.10. The summed E-state index contributed by atoms with van der Waals surface area (Å²) in [6.45, 7) is 4.59. The number of carbonyl (C=O) groups excluding carboxylic acids is 3. The molecule has 0 aliphatic heterocycles. The Labute approximate surface area is 422 Å². The molecule has 0 aliphatic carbocycles.